The molecule has 6 nitrogen and oxygen atoms in total. The summed E-state index contributed by atoms with van der Waals surface area (Å²) in [6, 6.07) is 19.6. The number of methoxy groups -OCH3 is 1. The van der Waals surface area contributed by atoms with Gasteiger partial charge in [0.2, 0.25) is 5.95 Å². The number of nitrogens with one attached hydrogen (secondary N) is 2. The molecule has 1 aromatic heterocycles. The molecule has 30 heavy (non-hydrogen) atoms. The van der Waals surface area contributed by atoms with Gasteiger partial charge in [-0.25, -0.2) is 9.78 Å². The maximum Gasteiger partial charge on any atom is 0.337 e. The van der Waals surface area contributed by atoms with Crippen LogP contribution in [0.15, 0.2) is 60.7 Å². The molecular formula is C24H26N4O2. The molecule has 0 spiro atoms. The monoisotopic (exact) mass is 402 g/mol. The Morgan fingerprint density at radius 1 is 0.967 bits per heavy atom. The highest BCUT2D eigenvalue weighted by molar-refractivity contribution is 5.89. The van der Waals surface area contributed by atoms with Crippen LogP contribution in [0.1, 0.15) is 42.5 Å². The molecule has 0 unspecified atom stereocenters. The van der Waals surface area contributed by atoms with Gasteiger partial charge in [-0.1, -0.05) is 49.6 Å². The molecule has 1 aliphatic rings. The zero-order chi connectivity index (χ0) is 20.8. The second kappa shape index (κ2) is 9.39. The number of esters is 1. The molecule has 0 radical (unpaired) electrons. The molecule has 4 rings (SSSR count). The van der Waals surface area contributed by atoms with E-state index in [1.165, 1.54) is 26.4 Å². The fourth-order valence-corrected chi connectivity index (χ4v) is 3.72. The van der Waals surface area contributed by atoms with Gasteiger partial charge < -0.3 is 15.4 Å². The molecule has 6 heteroatoms. The minimum Gasteiger partial charge on any atom is -0.465 e. The van der Waals surface area contributed by atoms with Crippen molar-refractivity contribution in [1.82, 2.24) is 9.97 Å². The number of anilines is 3. The van der Waals surface area contributed by atoms with Crippen LogP contribution in [-0.4, -0.2) is 29.1 Å². The predicted octanol–water partition coefficient (Wildman–Crippen LogP) is 5.42. The number of nitrogens with zero attached hydrogens (tertiary/aromatic N) is 2. The van der Waals surface area contributed by atoms with Crippen LogP contribution in [0.5, 0.6) is 0 Å². The van der Waals surface area contributed by atoms with Crippen molar-refractivity contribution in [1.29, 1.82) is 0 Å². The van der Waals surface area contributed by atoms with Crippen LogP contribution in [0.25, 0.3) is 11.3 Å². The minimum atomic E-state index is -0.353. The van der Waals surface area contributed by atoms with E-state index in [1.807, 2.05) is 48.5 Å². The summed E-state index contributed by atoms with van der Waals surface area (Å²) in [5, 5.41) is 6.86. The van der Waals surface area contributed by atoms with Gasteiger partial charge in [-0.3, -0.25) is 0 Å². The van der Waals surface area contributed by atoms with Crippen LogP contribution in [0.3, 0.4) is 0 Å². The average molecular weight is 402 g/mol. The highest BCUT2D eigenvalue weighted by Gasteiger charge is 2.16. The average Bonchev–Trinajstić information content (AvgIpc) is 2.80. The molecule has 1 fully saturated rings. The number of carbonyl (C=O) groups is 1. The third kappa shape index (κ3) is 4.95. The molecule has 3 aromatic rings. The molecule has 1 aliphatic carbocycles. The van der Waals surface area contributed by atoms with E-state index < -0.39 is 0 Å². The van der Waals surface area contributed by atoms with E-state index in [2.05, 4.69) is 10.6 Å². The van der Waals surface area contributed by atoms with Crippen LogP contribution in [-0.2, 0) is 4.74 Å². The highest BCUT2D eigenvalue weighted by Crippen LogP contribution is 2.26. The normalized spacial score (nSPS) is 14.2. The lowest BCUT2D eigenvalue weighted by molar-refractivity contribution is 0.0601. The first-order valence-electron chi connectivity index (χ1n) is 10.4. The topological polar surface area (TPSA) is 76.1 Å². The van der Waals surface area contributed by atoms with E-state index in [-0.39, 0.29) is 5.97 Å². The molecule has 1 heterocycles. The molecule has 0 saturated heterocycles. The molecule has 0 amide bonds. The van der Waals surface area contributed by atoms with Gasteiger partial charge in [0.1, 0.15) is 5.82 Å². The fraction of sp³-hybridized carbons (Fsp3) is 0.292. The Labute approximate surface area is 176 Å². The van der Waals surface area contributed by atoms with Gasteiger partial charge in [0.05, 0.1) is 18.4 Å². The lowest BCUT2D eigenvalue weighted by atomic mass is 9.96. The van der Waals surface area contributed by atoms with Crippen LogP contribution in [0, 0.1) is 0 Å². The zero-order valence-electron chi connectivity index (χ0n) is 17.1. The van der Waals surface area contributed by atoms with Crippen molar-refractivity contribution in [3.63, 3.8) is 0 Å². The van der Waals surface area contributed by atoms with Gasteiger partial charge >= 0.3 is 5.97 Å². The number of aromatic nitrogens is 2. The second-order valence-corrected chi connectivity index (χ2v) is 7.50. The molecule has 154 valence electrons. The van der Waals surface area contributed by atoms with Crippen molar-refractivity contribution >= 4 is 23.4 Å². The van der Waals surface area contributed by atoms with Gasteiger partial charge in [-0.2, -0.15) is 4.98 Å². The molecule has 2 aromatic carbocycles. The molecular weight excluding hydrogens is 376 g/mol. The van der Waals surface area contributed by atoms with E-state index in [0.29, 0.717) is 23.4 Å². The molecule has 0 atom stereocenters. The molecule has 1 saturated carbocycles. The summed E-state index contributed by atoms with van der Waals surface area (Å²) in [6.07, 6.45) is 6.09. The third-order valence-corrected chi connectivity index (χ3v) is 5.31. The quantitative estimate of drug-likeness (QED) is 0.536. The summed E-state index contributed by atoms with van der Waals surface area (Å²) >= 11 is 0. The number of hydrogen-bond donors (Lipinski definition) is 2. The Kier molecular flexibility index (Phi) is 6.23. The lowest BCUT2D eigenvalue weighted by Crippen LogP contribution is -2.23. The Hall–Kier alpha value is -3.41. The first-order valence-corrected chi connectivity index (χ1v) is 10.4. The molecule has 2 N–H and O–H groups in total. The van der Waals surface area contributed by atoms with Gasteiger partial charge in [-0.05, 0) is 37.1 Å². The fourth-order valence-electron chi connectivity index (χ4n) is 3.72. The van der Waals surface area contributed by atoms with Crippen molar-refractivity contribution in [2.75, 3.05) is 17.7 Å². The van der Waals surface area contributed by atoms with E-state index in [0.717, 1.165) is 29.8 Å². The van der Waals surface area contributed by atoms with E-state index in [9.17, 15) is 4.79 Å². The smallest absolute Gasteiger partial charge is 0.337 e. The first kappa shape index (κ1) is 19.9. The largest absolute Gasteiger partial charge is 0.465 e. The van der Waals surface area contributed by atoms with Crippen molar-refractivity contribution in [2.45, 2.75) is 38.1 Å². The van der Waals surface area contributed by atoms with Crippen molar-refractivity contribution in [2.24, 2.45) is 0 Å². The van der Waals surface area contributed by atoms with E-state index in [4.69, 9.17) is 14.7 Å². The summed E-state index contributed by atoms with van der Waals surface area (Å²) in [6.45, 7) is 0. The lowest BCUT2D eigenvalue weighted by Gasteiger charge is -2.23. The number of ether oxygens (including phenoxy) is 1. The maximum atomic E-state index is 11.6. The summed E-state index contributed by atoms with van der Waals surface area (Å²) in [4.78, 5) is 21.1. The van der Waals surface area contributed by atoms with Crippen molar-refractivity contribution in [3.05, 3.63) is 66.2 Å². The Balaban J connectivity index is 1.60. The highest BCUT2D eigenvalue weighted by atomic mass is 16.5. The number of rotatable bonds is 6. The summed E-state index contributed by atoms with van der Waals surface area (Å²) in [5.74, 6) is 0.985. The standard InChI is InChI=1S/C24H26N4O2/c1-30-23(29)18-12-14-20(15-13-18)25-22-16-21(17-8-4-2-5-9-17)27-24(28-22)26-19-10-6-3-7-11-19/h2,4-5,8-9,12-16,19H,3,6-7,10-11H2,1H3,(H2,25,26,27,28). The van der Waals surface area contributed by atoms with Gasteiger partial charge in [-0.15, -0.1) is 0 Å². The summed E-state index contributed by atoms with van der Waals surface area (Å²) < 4.78 is 4.76. The first-order chi connectivity index (χ1) is 14.7. The van der Waals surface area contributed by atoms with Crippen molar-refractivity contribution < 1.29 is 9.53 Å². The number of hydrogen-bond acceptors (Lipinski definition) is 6. The Bertz CT molecular complexity index is 984. The van der Waals surface area contributed by atoms with Crippen LogP contribution in [0.2, 0.25) is 0 Å². The van der Waals surface area contributed by atoms with Crippen molar-refractivity contribution in [3.8, 4) is 11.3 Å². The van der Waals surface area contributed by atoms with Gasteiger partial charge in [0, 0.05) is 23.4 Å². The van der Waals surface area contributed by atoms with Crippen LogP contribution in [0.4, 0.5) is 17.5 Å². The predicted molar refractivity (Wildman–Crippen MR) is 119 cm³/mol. The Morgan fingerprint density at radius 3 is 2.40 bits per heavy atom. The third-order valence-electron chi connectivity index (χ3n) is 5.31. The maximum absolute atomic E-state index is 11.6. The number of carbonyl (C=O) groups excluding carboxylic acids is 1. The van der Waals surface area contributed by atoms with E-state index in [1.54, 1.807) is 12.1 Å². The summed E-state index contributed by atoms with van der Waals surface area (Å²) in [5.41, 5.74) is 3.24. The molecule has 0 aliphatic heterocycles. The van der Waals surface area contributed by atoms with Crippen LogP contribution < -0.4 is 10.6 Å². The minimum absolute atomic E-state index is 0.353. The number of benzene rings is 2. The summed E-state index contributed by atoms with van der Waals surface area (Å²) in [7, 11) is 1.38. The zero-order valence-corrected chi connectivity index (χ0v) is 17.1. The SMILES string of the molecule is COC(=O)c1ccc(Nc2cc(-c3ccccc3)nc(NC3CCCCC3)n2)cc1. The second-order valence-electron chi connectivity index (χ2n) is 7.50. The van der Waals surface area contributed by atoms with E-state index >= 15 is 0 Å². The van der Waals surface area contributed by atoms with Crippen LogP contribution >= 0.6 is 0 Å². The Morgan fingerprint density at radius 2 is 1.70 bits per heavy atom. The van der Waals surface area contributed by atoms with Gasteiger partial charge in [0.25, 0.3) is 0 Å². The van der Waals surface area contributed by atoms with Gasteiger partial charge in [0.15, 0.2) is 0 Å². The molecule has 0 bridgehead atoms.